The number of hydrogen-bond acceptors (Lipinski definition) is 6. The molecule has 4 rings (SSSR count). The van der Waals surface area contributed by atoms with Crippen LogP contribution in [0.1, 0.15) is 4.88 Å². The van der Waals surface area contributed by atoms with E-state index in [2.05, 4.69) is 14.7 Å². The SMILES string of the molecule is Cc1sc(NC(=O)C2=CN3CCS(=O)(=O)N=C3C=C2)nc1-c1ccc(F)cc1. The quantitative estimate of drug-likeness (QED) is 0.828. The number of sulfonamides is 1. The topological polar surface area (TPSA) is 91.7 Å². The summed E-state index contributed by atoms with van der Waals surface area (Å²) in [5.74, 6) is -0.480. The molecule has 0 unspecified atom stereocenters. The number of halogens is 1. The smallest absolute Gasteiger partial charge is 0.258 e. The predicted molar refractivity (Wildman–Crippen MR) is 106 cm³/mol. The highest BCUT2D eigenvalue weighted by atomic mass is 32.2. The molecule has 0 atom stereocenters. The van der Waals surface area contributed by atoms with E-state index < -0.39 is 10.0 Å². The van der Waals surface area contributed by atoms with Crippen molar-refractivity contribution < 1.29 is 17.6 Å². The number of anilines is 1. The maximum atomic E-state index is 13.1. The van der Waals surface area contributed by atoms with Gasteiger partial charge in [0.05, 0.1) is 17.0 Å². The molecule has 0 spiro atoms. The van der Waals surface area contributed by atoms with Crippen LogP contribution in [0.4, 0.5) is 9.52 Å². The van der Waals surface area contributed by atoms with Crippen LogP contribution in [0.15, 0.2) is 52.6 Å². The minimum atomic E-state index is -3.44. The van der Waals surface area contributed by atoms with Gasteiger partial charge in [-0.3, -0.25) is 10.1 Å². The van der Waals surface area contributed by atoms with Crippen LogP contribution in [0.5, 0.6) is 0 Å². The Labute approximate surface area is 165 Å². The molecular formula is C18H15FN4O3S2. The molecule has 2 aliphatic rings. The lowest BCUT2D eigenvalue weighted by atomic mass is 10.1. The predicted octanol–water partition coefficient (Wildman–Crippen LogP) is 2.69. The Bertz CT molecular complexity index is 1150. The van der Waals surface area contributed by atoms with Gasteiger partial charge in [0.1, 0.15) is 11.7 Å². The van der Waals surface area contributed by atoms with E-state index in [9.17, 15) is 17.6 Å². The number of amidine groups is 1. The fourth-order valence-electron chi connectivity index (χ4n) is 2.83. The van der Waals surface area contributed by atoms with Gasteiger partial charge in [-0.1, -0.05) is 0 Å². The molecule has 10 heteroatoms. The first kappa shape index (κ1) is 18.5. The summed E-state index contributed by atoms with van der Waals surface area (Å²) in [6.07, 6.45) is 4.60. The van der Waals surface area contributed by atoms with Gasteiger partial charge in [-0.15, -0.1) is 15.7 Å². The summed E-state index contributed by atoms with van der Waals surface area (Å²) in [4.78, 5) is 19.5. The molecule has 0 saturated carbocycles. The normalized spacial score (nSPS) is 17.6. The maximum absolute atomic E-state index is 13.1. The number of amides is 1. The Balaban J connectivity index is 1.52. The van der Waals surface area contributed by atoms with Crippen LogP contribution in [0.2, 0.25) is 0 Å². The van der Waals surface area contributed by atoms with Crippen molar-refractivity contribution >= 4 is 38.2 Å². The van der Waals surface area contributed by atoms with Crippen molar-refractivity contribution in [3.05, 3.63) is 58.9 Å². The summed E-state index contributed by atoms with van der Waals surface area (Å²) in [5, 5.41) is 3.18. The maximum Gasteiger partial charge on any atom is 0.258 e. The van der Waals surface area contributed by atoms with Crippen molar-refractivity contribution in [2.24, 2.45) is 4.40 Å². The standard InChI is InChI=1S/C18H15FN4O3S2/c1-11-16(12-2-5-14(19)6-3-12)20-18(27-11)21-17(24)13-4-7-15-22-28(25,26)9-8-23(15)10-13/h2-7,10H,8-9H2,1H3,(H,20,21,24). The molecule has 0 radical (unpaired) electrons. The number of hydrogen-bond donors (Lipinski definition) is 1. The number of carbonyl (C=O) groups is 1. The summed E-state index contributed by atoms with van der Waals surface area (Å²) in [5.41, 5.74) is 1.82. The first-order valence-electron chi connectivity index (χ1n) is 8.35. The summed E-state index contributed by atoms with van der Waals surface area (Å²) in [7, 11) is -3.44. The number of benzene rings is 1. The highest BCUT2D eigenvalue weighted by Crippen LogP contribution is 2.31. The highest BCUT2D eigenvalue weighted by Gasteiger charge is 2.25. The van der Waals surface area contributed by atoms with Crippen molar-refractivity contribution in [2.75, 3.05) is 17.6 Å². The lowest BCUT2D eigenvalue weighted by Crippen LogP contribution is -2.37. The highest BCUT2D eigenvalue weighted by molar-refractivity contribution is 7.90. The molecule has 7 nitrogen and oxygen atoms in total. The number of thiazole rings is 1. The zero-order valence-electron chi connectivity index (χ0n) is 14.7. The van der Waals surface area contributed by atoms with Gasteiger partial charge in [0.15, 0.2) is 5.13 Å². The molecule has 1 amide bonds. The fraction of sp³-hybridized carbons (Fsp3) is 0.167. The van der Waals surface area contributed by atoms with E-state index in [1.54, 1.807) is 23.2 Å². The number of fused-ring (bicyclic) bond motifs is 1. The summed E-state index contributed by atoms with van der Waals surface area (Å²) in [6.45, 7) is 2.12. The third kappa shape index (κ3) is 3.73. The Morgan fingerprint density at radius 3 is 2.75 bits per heavy atom. The van der Waals surface area contributed by atoms with Crippen LogP contribution in [-0.2, 0) is 14.8 Å². The van der Waals surface area contributed by atoms with E-state index in [0.717, 1.165) is 10.4 Å². The van der Waals surface area contributed by atoms with Gasteiger partial charge in [0.25, 0.3) is 15.9 Å². The Hall–Kier alpha value is -2.85. The van der Waals surface area contributed by atoms with Crippen molar-refractivity contribution in [1.29, 1.82) is 0 Å². The van der Waals surface area contributed by atoms with E-state index in [-0.39, 0.29) is 24.0 Å². The van der Waals surface area contributed by atoms with Crippen LogP contribution in [0.3, 0.4) is 0 Å². The number of rotatable bonds is 3. The third-order valence-electron chi connectivity index (χ3n) is 4.22. The van der Waals surface area contributed by atoms with Gasteiger partial charge in [-0.2, -0.15) is 0 Å². The molecule has 144 valence electrons. The van der Waals surface area contributed by atoms with E-state index in [1.165, 1.54) is 35.6 Å². The van der Waals surface area contributed by atoms with Crippen LogP contribution in [0.25, 0.3) is 11.3 Å². The average Bonchev–Trinajstić information content (AvgIpc) is 3.01. The van der Waals surface area contributed by atoms with Gasteiger partial charge < -0.3 is 4.90 Å². The lowest BCUT2D eigenvalue weighted by molar-refractivity contribution is -0.112. The summed E-state index contributed by atoms with van der Waals surface area (Å²) < 4.78 is 39.9. The lowest BCUT2D eigenvalue weighted by Gasteiger charge is -2.26. The molecule has 2 aliphatic heterocycles. The summed E-state index contributed by atoms with van der Waals surface area (Å²) in [6, 6.07) is 6.01. The largest absolute Gasteiger partial charge is 0.330 e. The van der Waals surface area contributed by atoms with Crippen LogP contribution >= 0.6 is 11.3 Å². The van der Waals surface area contributed by atoms with E-state index >= 15 is 0 Å². The van der Waals surface area contributed by atoms with Gasteiger partial charge in [0.2, 0.25) is 0 Å². The molecule has 1 N–H and O–H groups in total. The first-order valence-corrected chi connectivity index (χ1v) is 10.8. The van der Waals surface area contributed by atoms with Crippen LogP contribution in [0, 0.1) is 12.7 Å². The van der Waals surface area contributed by atoms with E-state index in [0.29, 0.717) is 22.2 Å². The number of carbonyl (C=O) groups excluding carboxylic acids is 1. The van der Waals surface area contributed by atoms with Crippen LogP contribution in [-0.4, -0.2) is 42.3 Å². The Kier molecular flexibility index (Phi) is 4.60. The molecule has 28 heavy (non-hydrogen) atoms. The molecule has 3 heterocycles. The molecule has 0 saturated heterocycles. The van der Waals surface area contributed by atoms with Gasteiger partial charge in [-0.05, 0) is 43.3 Å². The van der Waals surface area contributed by atoms with E-state index in [4.69, 9.17) is 0 Å². The minimum absolute atomic E-state index is 0.0948. The first-order chi connectivity index (χ1) is 13.3. The van der Waals surface area contributed by atoms with Crippen molar-refractivity contribution in [2.45, 2.75) is 6.92 Å². The second kappa shape index (κ2) is 6.95. The van der Waals surface area contributed by atoms with Crippen molar-refractivity contribution in [3.63, 3.8) is 0 Å². The van der Waals surface area contributed by atoms with Crippen molar-refractivity contribution in [1.82, 2.24) is 9.88 Å². The second-order valence-corrected chi connectivity index (χ2v) is 9.19. The van der Waals surface area contributed by atoms with E-state index in [1.807, 2.05) is 6.92 Å². The summed E-state index contributed by atoms with van der Waals surface area (Å²) >= 11 is 1.32. The number of aryl methyl sites for hydroxylation is 1. The average molecular weight is 418 g/mol. The molecule has 0 fully saturated rings. The number of nitrogens with one attached hydrogen (secondary N) is 1. The molecule has 0 aliphatic carbocycles. The third-order valence-corrected chi connectivity index (χ3v) is 6.27. The fourth-order valence-corrected chi connectivity index (χ4v) is 4.63. The Morgan fingerprint density at radius 1 is 1.25 bits per heavy atom. The zero-order chi connectivity index (χ0) is 19.9. The molecule has 1 aromatic carbocycles. The number of aromatic nitrogens is 1. The molecule has 1 aromatic heterocycles. The zero-order valence-corrected chi connectivity index (χ0v) is 16.3. The monoisotopic (exact) mass is 418 g/mol. The van der Waals surface area contributed by atoms with Gasteiger partial charge in [0, 0.05) is 23.2 Å². The Morgan fingerprint density at radius 2 is 2.00 bits per heavy atom. The number of nitrogens with zero attached hydrogens (tertiary/aromatic N) is 3. The molecular weight excluding hydrogens is 403 g/mol. The van der Waals surface area contributed by atoms with Gasteiger partial charge >= 0.3 is 0 Å². The van der Waals surface area contributed by atoms with Crippen LogP contribution < -0.4 is 5.32 Å². The second-order valence-electron chi connectivity index (χ2n) is 6.23. The van der Waals surface area contributed by atoms with Gasteiger partial charge in [-0.25, -0.2) is 17.8 Å². The minimum Gasteiger partial charge on any atom is -0.330 e. The molecule has 2 aromatic rings. The van der Waals surface area contributed by atoms with Crippen molar-refractivity contribution in [3.8, 4) is 11.3 Å². The molecule has 0 bridgehead atoms.